The van der Waals surface area contributed by atoms with Crippen LogP contribution in [0.5, 0.6) is 0 Å². The van der Waals surface area contributed by atoms with Crippen molar-refractivity contribution in [2.75, 3.05) is 5.32 Å². The smallest absolute Gasteiger partial charge is 0.290 e. The van der Waals surface area contributed by atoms with E-state index >= 15 is 0 Å². The number of nitrogens with two attached hydrogens (primary N) is 2. The second-order valence-corrected chi connectivity index (χ2v) is 9.65. The maximum atomic E-state index is 7.25. The number of ether oxygens (including phenoxy) is 1. The Balaban J connectivity index is 1.40. The van der Waals surface area contributed by atoms with Crippen molar-refractivity contribution in [2.45, 2.75) is 50.5 Å². The lowest BCUT2D eigenvalue weighted by atomic mass is 9.78. The Labute approximate surface area is 195 Å². The largest absolute Gasteiger partial charge is 0.393 e. The van der Waals surface area contributed by atoms with Gasteiger partial charge in [0.05, 0.1) is 4.88 Å². The molecule has 0 saturated heterocycles. The quantitative estimate of drug-likeness (QED) is 0.318. The monoisotopic (exact) mass is 462 g/mol. The van der Waals surface area contributed by atoms with Crippen LogP contribution >= 0.6 is 11.3 Å². The summed E-state index contributed by atoms with van der Waals surface area (Å²) in [4.78, 5) is 19.3. The fourth-order valence-corrected chi connectivity index (χ4v) is 5.11. The van der Waals surface area contributed by atoms with Gasteiger partial charge in [0.15, 0.2) is 0 Å². The first-order chi connectivity index (χ1) is 15.9. The molecular weight excluding hydrogens is 436 g/mol. The number of aryl methyl sites for hydroxylation is 1. The molecule has 0 amide bonds. The Bertz CT molecular complexity index is 1230. The van der Waals surface area contributed by atoms with E-state index in [4.69, 9.17) is 21.6 Å². The highest BCUT2D eigenvalue weighted by molar-refractivity contribution is 7.15. The lowest BCUT2D eigenvalue weighted by Gasteiger charge is -2.36. The molecule has 2 saturated carbocycles. The van der Waals surface area contributed by atoms with E-state index in [2.05, 4.69) is 50.4 Å². The molecule has 2 aliphatic rings. The van der Waals surface area contributed by atoms with Crippen molar-refractivity contribution >= 4 is 35.0 Å². The zero-order valence-corrected chi connectivity index (χ0v) is 19.2. The zero-order chi connectivity index (χ0) is 23.0. The van der Waals surface area contributed by atoms with Gasteiger partial charge in [-0.15, -0.1) is 11.3 Å². The Morgan fingerprint density at radius 1 is 1.24 bits per heavy atom. The molecule has 0 unspecified atom stereocenters. The van der Waals surface area contributed by atoms with Gasteiger partial charge in [0.2, 0.25) is 5.95 Å². The molecule has 0 spiro atoms. The van der Waals surface area contributed by atoms with Crippen LogP contribution in [0.3, 0.4) is 0 Å². The summed E-state index contributed by atoms with van der Waals surface area (Å²) < 4.78 is 4.96. The molecule has 33 heavy (non-hydrogen) atoms. The highest BCUT2D eigenvalue weighted by Crippen LogP contribution is 2.47. The van der Waals surface area contributed by atoms with Crippen molar-refractivity contribution in [2.24, 2.45) is 16.5 Å². The third-order valence-corrected chi connectivity index (χ3v) is 7.15. The summed E-state index contributed by atoms with van der Waals surface area (Å²) >= 11 is 1.59. The van der Waals surface area contributed by atoms with Crippen molar-refractivity contribution in [3.8, 4) is 10.4 Å². The average molecular weight is 463 g/mol. The minimum atomic E-state index is -0.509. The van der Waals surface area contributed by atoms with E-state index in [0.29, 0.717) is 11.9 Å². The number of amidine groups is 2. The molecule has 0 bridgehead atoms. The summed E-state index contributed by atoms with van der Waals surface area (Å²) in [6.45, 7) is 2.07. The molecule has 2 fully saturated rings. The van der Waals surface area contributed by atoms with Crippen molar-refractivity contribution in [1.82, 2.24) is 15.0 Å². The lowest BCUT2D eigenvalue weighted by molar-refractivity contribution is 0.250. The van der Waals surface area contributed by atoms with Crippen molar-refractivity contribution in [1.29, 1.82) is 5.41 Å². The number of aliphatic imine (C=N–C) groups is 1. The fraction of sp³-hybridized carbons (Fsp3) is 0.348. The van der Waals surface area contributed by atoms with Crippen LogP contribution in [-0.2, 0) is 10.3 Å². The number of nitrogens with zero attached hydrogens (tertiary/aromatic N) is 4. The minimum Gasteiger partial charge on any atom is -0.393 e. The van der Waals surface area contributed by atoms with Crippen LogP contribution < -0.4 is 16.8 Å². The molecular formula is C23H26N8OS. The number of thiazole rings is 1. The Hall–Kier alpha value is -3.53. The summed E-state index contributed by atoms with van der Waals surface area (Å²) in [7, 11) is 0. The highest BCUT2D eigenvalue weighted by atomic mass is 32.1. The second kappa shape index (κ2) is 8.43. The fourth-order valence-electron chi connectivity index (χ4n) is 4.02. The third kappa shape index (κ3) is 4.65. The van der Waals surface area contributed by atoms with Crippen LogP contribution in [0.15, 0.2) is 41.7 Å². The summed E-state index contributed by atoms with van der Waals surface area (Å²) in [5, 5.41) is 11.5. The number of nitrogens with one attached hydrogen (secondary N) is 2. The molecule has 0 aliphatic heterocycles. The van der Waals surface area contributed by atoms with Gasteiger partial charge in [0.1, 0.15) is 10.5 Å². The number of hydrogen-bond acceptors (Lipinski definition) is 8. The van der Waals surface area contributed by atoms with Gasteiger partial charge in [-0.25, -0.2) is 19.9 Å². The number of benzene rings is 1. The van der Waals surface area contributed by atoms with Crippen LogP contribution in [0.2, 0.25) is 0 Å². The van der Waals surface area contributed by atoms with Crippen LogP contribution in [0.4, 0.5) is 11.6 Å². The first-order valence-corrected chi connectivity index (χ1v) is 11.8. The molecule has 1 aromatic carbocycles. The Kier molecular flexibility index (Phi) is 5.45. The van der Waals surface area contributed by atoms with Gasteiger partial charge in [-0.05, 0) is 68.4 Å². The van der Waals surface area contributed by atoms with Crippen LogP contribution in [0, 0.1) is 12.3 Å². The highest BCUT2D eigenvalue weighted by Gasteiger charge is 2.42. The topological polar surface area (TPSA) is 148 Å². The normalized spacial score (nSPS) is 17.3. The van der Waals surface area contributed by atoms with Gasteiger partial charge in [-0.1, -0.05) is 6.07 Å². The summed E-state index contributed by atoms with van der Waals surface area (Å²) in [6, 6.07) is 7.72. The predicted molar refractivity (Wildman–Crippen MR) is 130 cm³/mol. The SMILES string of the molecule is Cc1cc(Nc2nccc(C3CC3)n2)cc(-c2cnc(C3(N=C(N)OC(=N)N)CCC3)s2)c1. The minimum absolute atomic E-state index is 0.102. The van der Waals surface area contributed by atoms with E-state index in [1.165, 1.54) is 12.8 Å². The molecule has 2 aliphatic carbocycles. The summed E-state index contributed by atoms with van der Waals surface area (Å²) in [6.07, 6.45) is 8.79. The van der Waals surface area contributed by atoms with Crippen molar-refractivity contribution < 1.29 is 4.74 Å². The van der Waals surface area contributed by atoms with Gasteiger partial charge in [0, 0.05) is 29.7 Å². The van der Waals surface area contributed by atoms with E-state index in [9.17, 15) is 0 Å². The molecule has 9 nitrogen and oxygen atoms in total. The van der Waals surface area contributed by atoms with E-state index in [1.54, 1.807) is 11.3 Å². The van der Waals surface area contributed by atoms with Gasteiger partial charge in [0.25, 0.3) is 12.0 Å². The van der Waals surface area contributed by atoms with Crippen molar-refractivity contribution in [3.63, 3.8) is 0 Å². The molecule has 0 radical (unpaired) electrons. The van der Waals surface area contributed by atoms with Gasteiger partial charge < -0.3 is 21.5 Å². The van der Waals surface area contributed by atoms with E-state index in [1.807, 2.05) is 18.5 Å². The molecule has 0 atom stereocenters. The Morgan fingerprint density at radius 3 is 2.76 bits per heavy atom. The van der Waals surface area contributed by atoms with Crippen LogP contribution in [-0.4, -0.2) is 27.0 Å². The zero-order valence-electron chi connectivity index (χ0n) is 18.3. The maximum absolute atomic E-state index is 7.25. The molecule has 2 aromatic heterocycles. The number of anilines is 2. The van der Waals surface area contributed by atoms with Gasteiger partial charge in [-0.2, -0.15) is 0 Å². The molecule has 5 rings (SSSR count). The van der Waals surface area contributed by atoms with E-state index in [-0.39, 0.29) is 6.02 Å². The van der Waals surface area contributed by atoms with E-state index in [0.717, 1.165) is 51.7 Å². The second-order valence-electron chi connectivity index (χ2n) is 8.62. The van der Waals surface area contributed by atoms with Crippen molar-refractivity contribution in [3.05, 3.63) is 52.9 Å². The third-order valence-electron chi connectivity index (χ3n) is 5.91. The molecule has 10 heteroatoms. The summed E-state index contributed by atoms with van der Waals surface area (Å²) in [5.74, 6) is 1.19. The number of rotatable bonds is 6. The molecule has 6 N–H and O–H groups in total. The van der Waals surface area contributed by atoms with E-state index < -0.39 is 11.6 Å². The average Bonchev–Trinajstić information content (AvgIpc) is 3.47. The van der Waals surface area contributed by atoms with Crippen LogP contribution in [0.25, 0.3) is 10.4 Å². The number of aromatic nitrogens is 3. The molecule has 170 valence electrons. The lowest BCUT2D eigenvalue weighted by Crippen LogP contribution is -2.36. The predicted octanol–water partition coefficient (Wildman–Crippen LogP) is 4.13. The molecule has 3 aromatic rings. The summed E-state index contributed by atoms with van der Waals surface area (Å²) in [5.41, 5.74) is 14.8. The standard InChI is InChI=1S/C23H26N8OS/c1-13-9-15(11-16(10-13)29-22-27-8-5-17(30-22)14-3-4-14)18-12-28-19(33-18)23(6-2-7-23)31-21(26)32-20(24)25/h5,8-12,14H,2-4,6-7H2,1H3,(H3,24,25)(H2,26,31)(H,27,29,30). The Morgan fingerprint density at radius 2 is 2.06 bits per heavy atom. The number of hydrogen-bond donors (Lipinski definition) is 4. The van der Waals surface area contributed by atoms with Gasteiger partial charge in [-0.3, -0.25) is 5.41 Å². The molecule has 2 heterocycles. The first-order valence-electron chi connectivity index (χ1n) is 11.0. The van der Waals surface area contributed by atoms with Crippen LogP contribution in [0.1, 0.15) is 54.3 Å². The first kappa shape index (κ1) is 21.3. The maximum Gasteiger partial charge on any atom is 0.290 e. The van der Waals surface area contributed by atoms with Gasteiger partial charge >= 0.3 is 0 Å².